The fourth-order valence-electron chi connectivity index (χ4n) is 3.13. The standard InChI is InChI=1S/C18H22N2O2.ClH/c19-18(9-3-4-10-18)17(22)20-12-16(21)15-8-7-13-5-1-2-6-14(13)11-15;/h1-2,5-8,11,16,21H,3-4,9-10,12,19H2,(H,20,22);1H. The maximum absolute atomic E-state index is 12.2. The van der Waals surface area contributed by atoms with Crippen molar-refractivity contribution in [1.29, 1.82) is 0 Å². The van der Waals surface area contributed by atoms with E-state index in [1.165, 1.54) is 0 Å². The highest BCUT2D eigenvalue weighted by molar-refractivity contribution is 5.86. The van der Waals surface area contributed by atoms with Crippen molar-refractivity contribution in [2.75, 3.05) is 6.54 Å². The van der Waals surface area contributed by atoms with Crippen LogP contribution in [0, 0.1) is 0 Å². The van der Waals surface area contributed by atoms with Crippen LogP contribution >= 0.6 is 12.4 Å². The lowest BCUT2D eigenvalue weighted by atomic mass is 9.97. The topological polar surface area (TPSA) is 75.4 Å². The van der Waals surface area contributed by atoms with Gasteiger partial charge in [0, 0.05) is 6.54 Å². The molecule has 23 heavy (non-hydrogen) atoms. The average molecular weight is 335 g/mol. The van der Waals surface area contributed by atoms with E-state index in [2.05, 4.69) is 5.32 Å². The quantitative estimate of drug-likeness (QED) is 0.804. The lowest BCUT2D eigenvalue weighted by Gasteiger charge is -2.23. The number of nitrogens with one attached hydrogen (secondary N) is 1. The number of aliphatic hydroxyl groups is 1. The molecule has 1 fully saturated rings. The third-order valence-electron chi connectivity index (χ3n) is 4.56. The summed E-state index contributed by atoms with van der Waals surface area (Å²) in [4.78, 5) is 12.2. The second kappa shape index (κ2) is 7.30. The van der Waals surface area contributed by atoms with Crippen LogP contribution in [0.15, 0.2) is 42.5 Å². The van der Waals surface area contributed by atoms with Crippen molar-refractivity contribution in [3.8, 4) is 0 Å². The van der Waals surface area contributed by atoms with Gasteiger partial charge in [-0.15, -0.1) is 12.4 Å². The molecule has 1 aliphatic rings. The van der Waals surface area contributed by atoms with Crippen molar-refractivity contribution >= 4 is 29.1 Å². The van der Waals surface area contributed by atoms with Crippen LogP contribution in [0.2, 0.25) is 0 Å². The molecule has 2 aromatic rings. The number of fused-ring (bicyclic) bond motifs is 1. The summed E-state index contributed by atoms with van der Waals surface area (Å²) in [6, 6.07) is 13.8. The number of carbonyl (C=O) groups is 1. The molecule has 0 saturated heterocycles. The average Bonchev–Trinajstić information content (AvgIpc) is 2.99. The van der Waals surface area contributed by atoms with E-state index in [1.807, 2.05) is 42.5 Å². The van der Waals surface area contributed by atoms with Gasteiger partial charge >= 0.3 is 0 Å². The first-order valence-corrected chi connectivity index (χ1v) is 7.82. The van der Waals surface area contributed by atoms with E-state index >= 15 is 0 Å². The molecule has 4 nitrogen and oxygen atoms in total. The minimum atomic E-state index is -0.747. The lowest BCUT2D eigenvalue weighted by Crippen LogP contribution is -2.52. The van der Waals surface area contributed by atoms with E-state index in [0.717, 1.165) is 42.0 Å². The van der Waals surface area contributed by atoms with Gasteiger partial charge in [-0.1, -0.05) is 49.2 Å². The van der Waals surface area contributed by atoms with Crippen LogP contribution < -0.4 is 11.1 Å². The minimum absolute atomic E-state index is 0. The maximum Gasteiger partial charge on any atom is 0.240 e. The number of halogens is 1. The molecule has 1 unspecified atom stereocenters. The summed E-state index contributed by atoms with van der Waals surface area (Å²) < 4.78 is 0. The first-order valence-electron chi connectivity index (χ1n) is 7.82. The van der Waals surface area contributed by atoms with E-state index in [4.69, 9.17) is 5.73 Å². The van der Waals surface area contributed by atoms with Gasteiger partial charge in [-0.05, 0) is 35.2 Å². The monoisotopic (exact) mass is 334 g/mol. The summed E-state index contributed by atoms with van der Waals surface area (Å²) in [5, 5.41) is 15.3. The van der Waals surface area contributed by atoms with Crippen LogP contribution in [0.25, 0.3) is 10.8 Å². The third kappa shape index (κ3) is 3.83. The Kier molecular flexibility index (Phi) is 5.63. The molecule has 0 spiro atoms. The van der Waals surface area contributed by atoms with Crippen LogP contribution in [0.3, 0.4) is 0 Å². The molecule has 0 aromatic heterocycles. The highest BCUT2D eigenvalue weighted by Crippen LogP contribution is 2.27. The zero-order valence-corrected chi connectivity index (χ0v) is 13.8. The van der Waals surface area contributed by atoms with Gasteiger partial charge in [0.25, 0.3) is 0 Å². The number of rotatable bonds is 4. The van der Waals surface area contributed by atoms with Crippen molar-refractivity contribution in [3.05, 3.63) is 48.0 Å². The maximum atomic E-state index is 12.2. The van der Waals surface area contributed by atoms with Gasteiger partial charge in [0.1, 0.15) is 0 Å². The van der Waals surface area contributed by atoms with E-state index in [1.54, 1.807) is 0 Å². The SMILES string of the molecule is Cl.NC1(C(=O)NCC(O)c2ccc3ccccc3c2)CCCC1. The second-order valence-electron chi connectivity index (χ2n) is 6.20. The van der Waals surface area contributed by atoms with Gasteiger partial charge in [0.15, 0.2) is 0 Å². The molecule has 0 bridgehead atoms. The molecule has 0 heterocycles. The predicted molar refractivity (Wildman–Crippen MR) is 94.6 cm³/mol. The Morgan fingerprint density at radius 1 is 1.17 bits per heavy atom. The van der Waals surface area contributed by atoms with Gasteiger partial charge in [-0.2, -0.15) is 0 Å². The van der Waals surface area contributed by atoms with Crippen molar-refractivity contribution in [3.63, 3.8) is 0 Å². The summed E-state index contributed by atoms with van der Waals surface area (Å²) in [6.07, 6.45) is 2.72. The molecular formula is C18H23ClN2O2. The predicted octanol–water partition coefficient (Wildman–Crippen LogP) is 2.68. The van der Waals surface area contributed by atoms with Crippen LogP contribution in [0.5, 0.6) is 0 Å². The number of benzene rings is 2. The largest absolute Gasteiger partial charge is 0.387 e. The molecule has 1 aliphatic carbocycles. The number of carbonyl (C=O) groups excluding carboxylic acids is 1. The van der Waals surface area contributed by atoms with E-state index < -0.39 is 11.6 Å². The zero-order valence-electron chi connectivity index (χ0n) is 13.0. The van der Waals surface area contributed by atoms with Crippen molar-refractivity contribution in [1.82, 2.24) is 5.32 Å². The Hall–Kier alpha value is -1.62. The molecule has 0 radical (unpaired) electrons. The van der Waals surface area contributed by atoms with E-state index in [0.29, 0.717) is 0 Å². The lowest BCUT2D eigenvalue weighted by molar-refractivity contribution is -0.126. The van der Waals surface area contributed by atoms with Crippen LogP contribution in [0.4, 0.5) is 0 Å². The molecule has 5 heteroatoms. The fourth-order valence-corrected chi connectivity index (χ4v) is 3.13. The van der Waals surface area contributed by atoms with Crippen LogP contribution in [0.1, 0.15) is 37.4 Å². The number of hydrogen-bond acceptors (Lipinski definition) is 3. The highest BCUT2D eigenvalue weighted by Gasteiger charge is 2.36. The summed E-state index contributed by atoms with van der Waals surface area (Å²) in [5.41, 5.74) is 6.16. The molecular weight excluding hydrogens is 312 g/mol. The van der Waals surface area contributed by atoms with E-state index in [-0.39, 0.29) is 24.9 Å². The second-order valence-corrected chi connectivity index (χ2v) is 6.20. The third-order valence-corrected chi connectivity index (χ3v) is 4.56. The Bertz CT molecular complexity index is 684. The molecule has 2 aromatic carbocycles. The molecule has 1 saturated carbocycles. The summed E-state index contributed by atoms with van der Waals surface area (Å²) >= 11 is 0. The number of nitrogens with two attached hydrogens (primary N) is 1. The van der Waals surface area contributed by atoms with Gasteiger partial charge in [0.2, 0.25) is 5.91 Å². The fraction of sp³-hybridized carbons (Fsp3) is 0.389. The van der Waals surface area contributed by atoms with Crippen molar-refractivity contribution in [2.45, 2.75) is 37.3 Å². The Morgan fingerprint density at radius 3 is 2.52 bits per heavy atom. The Labute approximate surface area is 142 Å². The van der Waals surface area contributed by atoms with Gasteiger partial charge in [0.05, 0.1) is 11.6 Å². The molecule has 1 atom stereocenters. The van der Waals surface area contributed by atoms with E-state index in [9.17, 15) is 9.90 Å². The summed E-state index contributed by atoms with van der Waals surface area (Å²) in [5.74, 6) is -0.148. The number of amides is 1. The zero-order chi connectivity index (χ0) is 15.6. The smallest absolute Gasteiger partial charge is 0.240 e. The minimum Gasteiger partial charge on any atom is -0.387 e. The Morgan fingerprint density at radius 2 is 1.83 bits per heavy atom. The number of aliphatic hydroxyl groups excluding tert-OH is 1. The first-order chi connectivity index (χ1) is 10.6. The molecule has 3 rings (SSSR count). The Balaban J connectivity index is 0.00000192. The summed E-state index contributed by atoms with van der Waals surface area (Å²) in [6.45, 7) is 0.191. The van der Waals surface area contributed by atoms with Gasteiger partial charge in [-0.25, -0.2) is 0 Å². The molecule has 1 amide bonds. The summed E-state index contributed by atoms with van der Waals surface area (Å²) in [7, 11) is 0. The van der Waals surface area contributed by atoms with Crippen LogP contribution in [-0.4, -0.2) is 23.1 Å². The van der Waals surface area contributed by atoms with Gasteiger partial charge < -0.3 is 16.2 Å². The molecule has 124 valence electrons. The highest BCUT2D eigenvalue weighted by atomic mass is 35.5. The molecule has 4 N–H and O–H groups in total. The number of hydrogen-bond donors (Lipinski definition) is 3. The molecule has 0 aliphatic heterocycles. The first kappa shape index (κ1) is 17.7. The normalized spacial score (nSPS) is 17.5. The van der Waals surface area contributed by atoms with Crippen LogP contribution in [-0.2, 0) is 4.79 Å². The van der Waals surface area contributed by atoms with Crippen molar-refractivity contribution < 1.29 is 9.90 Å². The van der Waals surface area contributed by atoms with Crippen molar-refractivity contribution in [2.24, 2.45) is 5.73 Å². The van der Waals surface area contributed by atoms with Gasteiger partial charge in [-0.3, -0.25) is 4.79 Å².